The molecule has 0 saturated carbocycles. The minimum Gasteiger partial charge on any atom is -0.456 e. The summed E-state index contributed by atoms with van der Waals surface area (Å²) in [6.07, 6.45) is 0. The maximum absolute atomic E-state index is 11.3. The average molecular weight is 277 g/mol. The molecule has 0 heterocycles. The number of hydrogen-bond donors (Lipinski definition) is 2. The Morgan fingerprint density at radius 1 is 1.16 bits per heavy atom. The summed E-state index contributed by atoms with van der Waals surface area (Å²) in [5.41, 5.74) is 12.8. The van der Waals surface area contributed by atoms with Crippen LogP contribution in [0.3, 0.4) is 0 Å². The highest BCUT2D eigenvalue weighted by Crippen LogP contribution is 2.30. The Morgan fingerprint density at radius 2 is 1.89 bits per heavy atom. The van der Waals surface area contributed by atoms with Gasteiger partial charge in [-0.25, -0.2) is 0 Å². The van der Waals surface area contributed by atoms with E-state index in [4.69, 9.17) is 27.8 Å². The molecule has 0 spiro atoms. The lowest BCUT2D eigenvalue weighted by atomic mass is 10.1. The smallest absolute Gasteiger partial charge is 0.252 e. The molecule has 0 unspecified atom stereocenters. The average Bonchev–Trinajstić information content (AvgIpc) is 2.32. The molecule has 0 saturated heterocycles. The summed E-state index contributed by atoms with van der Waals surface area (Å²) in [5, 5.41) is 0.466. The summed E-state index contributed by atoms with van der Waals surface area (Å²) in [7, 11) is 0. The minimum absolute atomic E-state index is 0.278. The molecule has 2 aromatic rings. The highest BCUT2D eigenvalue weighted by Gasteiger charge is 2.12. The molecule has 0 bridgehead atoms. The van der Waals surface area contributed by atoms with Crippen molar-refractivity contribution in [3.63, 3.8) is 0 Å². The van der Waals surface area contributed by atoms with Gasteiger partial charge >= 0.3 is 0 Å². The van der Waals surface area contributed by atoms with Crippen LogP contribution in [0.25, 0.3) is 0 Å². The van der Waals surface area contributed by atoms with Crippen LogP contribution in [0.15, 0.2) is 36.4 Å². The first-order valence-corrected chi connectivity index (χ1v) is 5.98. The van der Waals surface area contributed by atoms with Gasteiger partial charge in [0.2, 0.25) is 0 Å². The minimum atomic E-state index is -0.570. The maximum Gasteiger partial charge on any atom is 0.252 e. The molecular formula is C14H13ClN2O2. The molecule has 5 heteroatoms. The van der Waals surface area contributed by atoms with Gasteiger partial charge in [0.25, 0.3) is 5.91 Å². The standard InChI is InChI=1S/C14H13ClN2O2/c1-8-6-10(16)3-5-12(8)19-13-7-9(15)2-4-11(13)14(17)18/h2-7H,16H2,1H3,(H2,17,18). The van der Waals surface area contributed by atoms with Crippen molar-refractivity contribution in [1.82, 2.24) is 0 Å². The number of hydrogen-bond acceptors (Lipinski definition) is 3. The number of carbonyl (C=O) groups is 1. The van der Waals surface area contributed by atoms with Crippen molar-refractivity contribution in [2.24, 2.45) is 5.73 Å². The molecule has 1 amide bonds. The zero-order valence-corrected chi connectivity index (χ0v) is 11.1. The monoisotopic (exact) mass is 276 g/mol. The number of anilines is 1. The van der Waals surface area contributed by atoms with Gasteiger partial charge in [0.1, 0.15) is 11.5 Å². The molecular weight excluding hydrogens is 264 g/mol. The number of benzene rings is 2. The first kappa shape index (κ1) is 13.2. The SMILES string of the molecule is Cc1cc(N)ccc1Oc1cc(Cl)ccc1C(N)=O. The van der Waals surface area contributed by atoms with E-state index in [1.54, 1.807) is 30.3 Å². The predicted octanol–water partition coefficient (Wildman–Crippen LogP) is 3.12. The van der Waals surface area contributed by atoms with Gasteiger partial charge in [-0.15, -0.1) is 0 Å². The Hall–Kier alpha value is -2.20. The number of amides is 1. The molecule has 0 fully saturated rings. The first-order chi connectivity index (χ1) is 8.97. The topological polar surface area (TPSA) is 78.3 Å². The van der Waals surface area contributed by atoms with Crippen molar-refractivity contribution in [2.45, 2.75) is 6.92 Å². The Kier molecular flexibility index (Phi) is 3.62. The normalized spacial score (nSPS) is 10.2. The second kappa shape index (κ2) is 5.20. The predicted molar refractivity (Wildman–Crippen MR) is 75.6 cm³/mol. The number of carbonyl (C=O) groups excluding carboxylic acids is 1. The summed E-state index contributed by atoms with van der Waals surface area (Å²) in [6.45, 7) is 1.86. The Balaban J connectivity index is 2.42. The van der Waals surface area contributed by atoms with E-state index in [-0.39, 0.29) is 5.56 Å². The Bertz CT molecular complexity index is 641. The van der Waals surface area contributed by atoms with E-state index in [1.165, 1.54) is 6.07 Å². The van der Waals surface area contributed by atoms with Crippen molar-refractivity contribution in [2.75, 3.05) is 5.73 Å². The van der Waals surface area contributed by atoms with Crippen LogP contribution in [0.5, 0.6) is 11.5 Å². The number of nitrogens with two attached hydrogens (primary N) is 2. The fourth-order valence-electron chi connectivity index (χ4n) is 1.69. The van der Waals surface area contributed by atoms with Gasteiger partial charge in [-0.1, -0.05) is 11.6 Å². The third kappa shape index (κ3) is 2.98. The zero-order chi connectivity index (χ0) is 14.0. The van der Waals surface area contributed by atoms with E-state index in [0.29, 0.717) is 22.2 Å². The molecule has 0 aromatic heterocycles. The van der Waals surface area contributed by atoms with Crippen LogP contribution >= 0.6 is 11.6 Å². The van der Waals surface area contributed by atoms with Gasteiger partial charge in [0.05, 0.1) is 5.56 Å². The van der Waals surface area contributed by atoms with E-state index in [1.807, 2.05) is 6.92 Å². The van der Waals surface area contributed by atoms with Crippen LogP contribution in [0.2, 0.25) is 5.02 Å². The number of nitrogen functional groups attached to an aromatic ring is 1. The quantitative estimate of drug-likeness (QED) is 0.846. The molecule has 2 aromatic carbocycles. The summed E-state index contributed by atoms with van der Waals surface area (Å²) < 4.78 is 5.70. The van der Waals surface area contributed by atoms with E-state index >= 15 is 0 Å². The number of ether oxygens (including phenoxy) is 1. The van der Waals surface area contributed by atoms with Gasteiger partial charge in [-0.3, -0.25) is 4.79 Å². The van der Waals surface area contributed by atoms with Crippen LogP contribution in [-0.2, 0) is 0 Å². The molecule has 0 radical (unpaired) electrons. The van der Waals surface area contributed by atoms with Crippen molar-refractivity contribution >= 4 is 23.2 Å². The van der Waals surface area contributed by atoms with Crippen LogP contribution in [0, 0.1) is 6.92 Å². The third-order valence-electron chi connectivity index (χ3n) is 2.63. The Labute approximate surface area is 115 Å². The van der Waals surface area contributed by atoms with Crippen molar-refractivity contribution < 1.29 is 9.53 Å². The maximum atomic E-state index is 11.3. The lowest BCUT2D eigenvalue weighted by Gasteiger charge is -2.12. The molecule has 0 atom stereocenters. The highest BCUT2D eigenvalue weighted by molar-refractivity contribution is 6.30. The zero-order valence-electron chi connectivity index (χ0n) is 10.3. The van der Waals surface area contributed by atoms with Gasteiger partial charge in [-0.05, 0) is 42.8 Å². The molecule has 19 heavy (non-hydrogen) atoms. The molecule has 4 nitrogen and oxygen atoms in total. The van der Waals surface area contributed by atoms with Crippen molar-refractivity contribution in [3.8, 4) is 11.5 Å². The highest BCUT2D eigenvalue weighted by atomic mass is 35.5. The van der Waals surface area contributed by atoms with E-state index in [0.717, 1.165) is 5.56 Å². The number of primary amides is 1. The van der Waals surface area contributed by atoms with E-state index < -0.39 is 5.91 Å². The van der Waals surface area contributed by atoms with Crippen LogP contribution < -0.4 is 16.2 Å². The lowest BCUT2D eigenvalue weighted by molar-refractivity contribution is 0.0998. The van der Waals surface area contributed by atoms with Crippen LogP contribution in [0.1, 0.15) is 15.9 Å². The van der Waals surface area contributed by atoms with Gasteiger partial charge in [0, 0.05) is 16.8 Å². The molecule has 4 N–H and O–H groups in total. The summed E-state index contributed by atoms with van der Waals surface area (Å²) in [6, 6.07) is 9.91. The second-order valence-electron chi connectivity index (χ2n) is 4.13. The summed E-state index contributed by atoms with van der Waals surface area (Å²) in [4.78, 5) is 11.3. The van der Waals surface area contributed by atoms with Crippen LogP contribution in [-0.4, -0.2) is 5.91 Å². The number of rotatable bonds is 3. The fourth-order valence-corrected chi connectivity index (χ4v) is 1.85. The van der Waals surface area contributed by atoms with E-state index in [9.17, 15) is 4.79 Å². The molecule has 0 aliphatic carbocycles. The van der Waals surface area contributed by atoms with Gasteiger partial charge < -0.3 is 16.2 Å². The lowest BCUT2D eigenvalue weighted by Crippen LogP contribution is -2.12. The first-order valence-electron chi connectivity index (χ1n) is 5.60. The van der Waals surface area contributed by atoms with Crippen molar-refractivity contribution in [3.05, 3.63) is 52.5 Å². The number of aryl methyl sites for hydroxylation is 1. The third-order valence-corrected chi connectivity index (χ3v) is 2.86. The van der Waals surface area contributed by atoms with Gasteiger partial charge in [-0.2, -0.15) is 0 Å². The summed E-state index contributed by atoms with van der Waals surface area (Å²) >= 11 is 5.90. The molecule has 2 rings (SSSR count). The van der Waals surface area contributed by atoms with E-state index in [2.05, 4.69) is 0 Å². The number of halogens is 1. The molecule has 0 aliphatic rings. The summed E-state index contributed by atoms with van der Waals surface area (Å²) in [5.74, 6) is 0.353. The van der Waals surface area contributed by atoms with Gasteiger partial charge in [0.15, 0.2) is 0 Å². The molecule has 0 aliphatic heterocycles. The van der Waals surface area contributed by atoms with Crippen molar-refractivity contribution in [1.29, 1.82) is 0 Å². The molecule has 98 valence electrons. The second-order valence-corrected chi connectivity index (χ2v) is 4.57. The Morgan fingerprint density at radius 3 is 2.53 bits per heavy atom. The largest absolute Gasteiger partial charge is 0.456 e. The van der Waals surface area contributed by atoms with Crippen LogP contribution in [0.4, 0.5) is 5.69 Å². The fraction of sp³-hybridized carbons (Fsp3) is 0.0714.